The first kappa shape index (κ1) is 17.0. The third kappa shape index (κ3) is 4.36. The lowest BCUT2D eigenvalue weighted by Crippen LogP contribution is -2.13. The number of hydrogen-bond acceptors (Lipinski definition) is 4. The first-order valence-corrected chi connectivity index (χ1v) is 8.57. The molecule has 2 heterocycles. The molecule has 2 aromatic heterocycles. The zero-order valence-corrected chi connectivity index (χ0v) is 14.6. The Hall–Kier alpha value is -2.86. The van der Waals surface area contributed by atoms with Crippen LogP contribution in [0.15, 0.2) is 76.4 Å². The van der Waals surface area contributed by atoms with Crippen LogP contribution in [-0.2, 0) is 0 Å². The van der Waals surface area contributed by atoms with Gasteiger partial charge in [0.25, 0.3) is 0 Å². The van der Waals surface area contributed by atoms with Gasteiger partial charge in [-0.1, -0.05) is 18.2 Å². The van der Waals surface area contributed by atoms with Crippen LogP contribution < -0.4 is 4.80 Å². The minimum Gasteiger partial charge on any atom is -0.264 e. The van der Waals surface area contributed by atoms with E-state index in [9.17, 15) is 4.39 Å². The summed E-state index contributed by atoms with van der Waals surface area (Å²) in [6.07, 6.45) is 5.18. The lowest BCUT2D eigenvalue weighted by Gasteiger charge is -2.03. The molecule has 4 nitrogen and oxygen atoms in total. The first-order valence-electron chi connectivity index (χ1n) is 7.69. The van der Waals surface area contributed by atoms with E-state index in [0.29, 0.717) is 6.54 Å². The van der Waals surface area contributed by atoms with Gasteiger partial charge in [-0.2, -0.15) is 5.10 Å². The van der Waals surface area contributed by atoms with Gasteiger partial charge in [-0.05, 0) is 37.3 Å². The highest BCUT2D eigenvalue weighted by Gasteiger charge is 2.07. The zero-order chi connectivity index (χ0) is 17.6. The molecule has 0 amide bonds. The maximum Gasteiger partial charge on any atom is 0.206 e. The van der Waals surface area contributed by atoms with Gasteiger partial charge in [0.05, 0.1) is 18.5 Å². The van der Waals surface area contributed by atoms with E-state index in [1.165, 1.54) is 23.5 Å². The zero-order valence-electron chi connectivity index (χ0n) is 13.8. The van der Waals surface area contributed by atoms with Gasteiger partial charge in [0, 0.05) is 28.9 Å². The van der Waals surface area contributed by atoms with Gasteiger partial charge >= 0.3 is 0 Å². The third-order valence-electron chi connectivity index (χ3n) is 3.32. The van der Waals surface area contributed by atoms with Crippen LogP contribution in [0.1, 0.15) is 12.5 Å². The molecule has 0 atom stereocenters. The topological polar surface area (TPSA) is 42.5 Å². The summed E-state index contributed by atoms with van der Waals surface area (Å²) >= 11 is 1.48. The summed E-state index contributed by atoms with van der Waals surface area (Å²) in [4.78, 5) is 9.39. The number of pyridine rings is 1. The number of thiazole rings is 1. The molecular weight excluding hydrogens is 335 g/mol. The second kappa shape index (κ2) is 7.81. The Kier molecular flexibility index (Phi) is 5.30. The van der Waals surface area contributed by atoms with Crippen molar-refractivity contribution < 1.29 is 4.39 Å². The lowest BCUT2D eigenvalue weighted by atomic mass is 10.2. The Balaban J connectivity index is 2.06. The third-order valence-corrected chi connectivity index (χ3v) is 4.17. The largest absolute Gasteiger partial charge is 0.264 e. The normalized spacial score (nSPS) is 12.0. The van der Waals surface area contributed by atoms with Crippen molar-refractivity contribution in [2.45, 2.75) is 6.92 Å². The summed E-state index contributed by atoms with van der Waals surface area (Å²) in [5, 5.41) is 6.52. The molecule has 0 bridgehead atoms. The van der Waals surface area contributed by atoms with Crippen LogP contribution in [0.25, 0.3) is 11.3 Å². The molecule has 0 aliphatic carbocycles. The first-order chi connectivity index (χ1) is 12.1. The number of rotatable bonds is 5. The Labute approximate surface area is 149 Å². The van der Waals surface area contributed by atoms with Gasteiger partial charge in [-0.25, -0.2) is 9.07 Å². The minimum atomic E-state index is -0.267. The number of nitrogens with zero attached hydrogens (tertiary/aromatic N) is 4. The van der Waals surface area contributed by atoms with E-state index < -0.39 is 0 Å². The van der Waals surface area contributed by atoms with Crippen molar-refractivity contribution in [2.75, 3.05) is 6.54 Å². The SMILES string of the molecule is C=C(C)CN=c1scc(-c2ccc(F)cc2)n1N=Cc1cccnc1. The molecule has 0 fully saturated rings. The second-order valence-electron chi connectivity index (χ2n) is 5.53. The van der Waals surface area contributed by atoms with Gasteiger partial charge in [-0.15, -0.1) is 11.3 Å². The van der Waals surface area contributed by atoms with Gasteiger partial charge in [-0.3, -0.25) is 9.98 Å². The summed E-state index contributed by atoms with van der Waals surface area (Å²) in [5.74, 6) is -0.267. The predicted octanol–water partition coefficient (Wildman–Crippen LogP) is 4.11. The summed E-state index contributed by atoms with van der Waals surface area (Å²) < 4.78 is 15.0. The average molecular weight is 352 g/mol. The molecule has 0 aliphatic rings. The van der Waals surface area contributed by atoms with Gasteiger partial charge in [0.15, 0.2) is 0 Å². The molecule has 25 heavy (non-hydrogen) atoms. The quantitative estimate of drug-likeness (QED) is 0.503. The Morgan fingerprint density at radius 1 is 1.32 bits per heavy atom. The highest BCUT2D eigenvalue weighted by molar-refractivity contribution is 7.07. The Morgan fingerprint density at radius 2 is 2.12 bits per heavy atom. The van der Waals surface area contributed by atoms with Crippen LogP contribution in [0.4, 0.5) is 4.39 Å². The van der Waals surface area contributed by atoms with Crippen LogP contribution in [0.3, 0.4) is 0 Å². The smallest absolute Gasteiger partial charge is 0.206 e. The molecule has 126 valence electrons. The van der Waals surface area contributed by atoms with Crippen molar-refractivity contribution in [3.63, 3.8) is 0 Å². The second-order valence-corrected chi connectivity index (χ2v) is 6.36. The minimum absolute atomic E-state index is 0.267. The maximum absolute atomic E-state index is 13.2. The summed E-state index contributed by atoms with van der Waals surface area (Å²) in [6, 6.07) is 10.1. The van der Waals surface area contributed by atoms with Gasteiger partial charge in [0.1, 0.15) is 5.82 Å². The van der Waals surface area contributed by atoms with Crippen LogP contribution >= 0.6 is 11.3 Å². The highest BCUT2D eigenvalue weighted by atomic mass is 32.1. The maximum atomic E-state index is 13.2. The van der Waals surface area contributed by atoms with Crippen LogP contribution in [0.5, 0.6) is 0 Å². The van der Waals surface area contributed by atoms with Crippen molar-refractivity contribution in [1.29, 1.82) is 0 Å². The summed E-state index contributed by atoms with van der Waals surface area (Å²) in [6.45, 7) is 6.35. The Morgan fingerprint density at radius 3 is 2.80 bits per heavy atom. The van der Waals surface area contributed by atoms with E-state index in [1.54, 1.807) is 35.4 Å². The van der Waals surface area contributed by atoms with E-state index in [1.807, 2.05) is 24.4 Å². The molecule has 0 N–H and O–H groups in total. The lowest BCUT2D eigenvalue weighted by molar-refractivity contribution is 0.628. The molecule has 0 saturated carbocycles. The van der Waals surface area contributed by atoms with Crippen molar-refractivity contribution >= 4 is 17.6 Å². The van der Waals surface area contributed by atoms with Crippen molar-refractivity contribution in [3.05, 3.63) is 82.5 Å². The molecule has 6 heteroatoms. The number of aromatic nitrogens is 2. The van der Waals surface area contributed by atoms with Crippen LogP contribution in [-0.4, -0.2) is 22.4 Å². The molecule has 0 aliphatic heterocycles. The fraction of sp³-hybridized carbons (Fsp3) is 0.105. The summed E-state index contributed by atoms with van der Waals surface area (Å²) in [7, 11) is 0. The van der Waals surface area contributed by atoms with E-state index in [0.717, 1.165) is 27.2 Å². The number of halogens is 1. The van der Waals surface area contributed by atoms with Crippen molar-refractivity contribution in [3.8, 4) is 11.3 Å². The molecule has 1 aromatic carbocycles. The van der Waals surface area contributed by atoms with E-state index in [4.69, 9.17) is 0 Å². The van der Waals surface area contributed by atoms with Gasteiger partial charge in [0.2, 0.25) is 4.80 Å². The number of benzene rings is 1. The molecule has 0 radical (unpaired) electrons. The number of hydrogen-bond donors (Lipinski definition) is 0. The fourth-order valence-electron chi connectivity index (χ4n) is 2.12. The molecule has 3 aromatic rings. The molecule has 0 saturated heterocycles. The molecule has 0 spiro atoms. The highest BCUT2D eigenvalue weighted by Crippen LogP contribution is 2.20. The van der Waals surface area contributed by atoms with Crippen LogP contribution in [0, 0.1) is 5.82 Å². The van der Waals surface area contributed by atoms with Crippen molar-refractivity contribution in [1.82, 2.24) is 9.66 Å². The molecule has 0 unspecified atom stereocenters. The van der Waals surface area contributed by atoms with E-state index in [2.05, 4.69) is 21.7 Å². The average Bonchev–Trinajstić information content (AvgIpc) is 3.02. The predicted molar refractivity (Wildman–Crippen MR) is 100 cm³/mol. The molecular formula is C19H17FN4S. The van der Waals surface area contributed by atoms with E-state index in [-0.39, 0.29) is 5.82 Å². The molecule has 3 rings (SSSR count). The van der Waals surface area contributed by atoms with Crippen LogP contribution in [0.2, 0.25) is 0 Å². The fourth-order valence-corrected chi connectivity index (χ4v) is 2.95. The van der Waals surface area contributed by atoms with Gasteiger partial charge < -0.3 is 0 Å². The monoisotopic (exact) mass is 352 g/mol. The summed E-state index contributed by atoms with van der Waals surface area (Å²) in [5.41, 5.74) is 3.58. The van der Waals surface area contributed by atoms with Crippen molar-refractivity contribution in [2.24, 2.45) is 10.1 Å². The standard InChI is InChI=1S/C19H17FN4S/c1-14(2)10-22-19-24(23-12-15-4-3-9-21-11-15)18(13-25-19)16-5-7-17(20)8-6-16/h3-9,11-13H,1,10H2,2H3. The Bertz CT molecular complexity index is 953. The van der Waals surface area contributed by atoms with E-state index >= 15 is 0 Å².